The second kappa shape index (κ2) is 8.93. The molecule has 0 spiro atoms. The monoisotopic (exact) mass is 576 g/mol. The van der Waals surface area contributed by atoms with E-state index in [9.17, 15) is 8.42 Å². The fourth-order valence-electron chi connectivity index (χ4n) is 6.60. The molecule has 0 amide bonds. The first-order valence-electron chi connectivity index (χ1n) is 14.3. The molecule has 0 bridgehead atoms. The quantitative estimate of drug-likeness (QED) is 0.205. The lowest BCUT2D eigenvalue weighted by molar-refractivity contribution is 0.595. The molecule has 1 aliphatic heterocycles. The lowest BCUT2D eigenvalue weighted by Gasteiger charge is -2.13. The van der Waals surface area contributed by atoms with Crippen LogP contribution in [0.15, 0.2) is 130 Å². The minimum atomic E-state index is -3.32. The average Bonchev–Trinajstić information content (AvgIpc) is 3.55. The minimum absolute atomic E-state index is 0.0188. The van der Waals surface area contributed by atoms with Crippen LogP contribution < -0.4 is 0 Å². The van der Waals surface area contributed by atoms with Gasteiger partial charge in [0.1, 0.15) is 22.3 Å². The molecule has 8 aromatic rings. The smallest absolute Gasteiger partial charge is 0.158 e. The summed E-state index contributed by atoms with van der Waals surface area (Å²) in [4.78, 5) is 0. The van der Waals surface area contributed by atoms with E-state index in [1.54, 1.807) is 0 Å². The zero-order valence-corrected chi connectivity index (χ0v) is 23.8. The molecular formula is C38H24O4S. The maximum Gasteiger partial charge on any atom is 0.158 e. The highest BCUT2D eigenvalue weighted by molar-refractivity contribution is 7.89. The van der Waals surface area contributed by atoms with Gasteiger partial charge in [-0.05, 0) is 93.0 Å². The Morgan fingerprint density at radius 2 is 0.814 bits per heavy atom. The zero-order chi connectivity index (χ0) is 28.7. The summed E-state index contributed by atoms with van der Waals surface area (Å²) in [5.41, 5.74) is 11.2. The van der Waals surface area contributed by atoms with E-state index < -0.39 is 9.84 Å². The number of benzene rings is 6. The van der Waals surface area contributed by atoms with E-state index in [1.165, 1.54) is 0 Å². The molecule has 1 aliphatic rings. The molecule has 43 heavy (non-hydrogen) atoms. The predicted molar refractivity (Wildman–Crippen MR) is 174 cm³/mol. The first-order valence-corrected chi connectivity index (χ1v) is 16.1. The van der Waals surface area contributed by atoms with Gasteiger partial charge in [0.05, 0.1) is 11.5 Å². The lowest BCUT2D eigenvalue weighted by atomic mass is 9.90. The highest BCUT2D eigenvalue weighted by Gasteiger charge is 2.25. The highest BCUT2D eigenvalue weighted by atomic mass is 32.2. The summed E-state index contributed by atoms with van der Waals surface area (Å²) in [5, 5.41) is 4.29. The van der Waals surface area contributed by atoms with Crippen molar-refractivity contribution in [1.82, 2.24) is 0 Å². The Morgan fingerprint density at radius 1 is 0.419 bits per heavy atom. The normalized spacial score (nSPS) is 14.2. The number of furan rings is 2. The predicted octanol–water partition coefficient (Wildman–Crippen LogP) is 9.91. The van der Waals surface area contributed by atoms with Crippen LogP contribution >= 0.6 is 0 Å². The van der Waals surface area contributed by atoms with Crippen molar-refractivity contribution in [2.24, 2.45) is 0 Å². The molecule has 5 heteroatoms. The van der Waals surface area contributed by atoms with Gasteiger partial charge < -0.3 is 8.83 Å². The molecule has 0 fully saturated rings. The first kappa shape index (κ1) is 24.5. The molecule has 2 aromatic heterocycles. The van der Waals surface area contributed by atoms with Crippen molar-refractivity contribution >= 4 is 53.7 Å². The molecule has 0 atom stereocenters. The molecule has 0 saturated heterocycles. The molecule has 0 saturated carbocycles. The summed E-state index contributed by atoms with van der Waals surface area (Å²) in [5.74, 6) is 0.0377. The van der Waals surface area contributed by atoms with E-state index in [4.69, 9.17) is 8.83 Å². The van der Waals surface area contributed by atoms with Crippen molar-refractivity contribution in [1.29, 1.82) is 0 Å². The van der Waals surface area contributed by atoms with Crippen molar-refractivity contribution < 1.29 is 17.3 Å². The standard InChI is InChI=1S/C38H24O4S/c39-43(40)21-27-11-9-23(25-13-15-37-33(19-25)29-5-1-3-7-35(29)41-37)17-31(27)32-18-24(10-12-28(32)22-43)26-14-16-38-34(20-26)30-6-2-4-8-36(30)42-38/h1-20H,21-22H2. The van der Waals surface area contributed by atoms with E-state index in [2.05, 4.69) is 48.5 Å². The summed E-state index contributed by atoms with van der Waals surface area (Å²) in [6.07, 6.45) is 0. The zero-order valence-electron chi connectivity index (χ0n) is 23.0. The van der Waals surface area contributed by atoms with Gasteiger partial charge in [0.15, 0.2) is 9.84 Å². The molecular weight excluding hydrogens is 552 g/mol. The summed E-state index contributed by atoms with van der Waals surface area (Å²) in [6, 6.07) is 40.9. The molecule has 0 aliphatic carbocycles. The first-order chi connectivity index (χ1) is 21.0. The number of sulfone groups is 1. The Kier molecular flexibility index (Phi) is 5.08. The Bertz CT molecular complexity index is 2360. The van der Waals surface area contributed by atoms with E-state index in [0.29, 0.717) is 0 Å². The highest BCUT2D eigenvalue weighted by Crippen LogP contribution is 2.41. The van der Waals surface area contributed by atoms with E-state index in [1.807, 2.05) is 72.8 Å². The third-order valence-corrected chi connectivity index (χ3v) is 10.2. The molecule has 9 rings (SSSR count). The van der Waals surface area contributed by atoms with Crippen LogP contribution in [0.4, 0.5) is 0 Å². The molecule has 0 unspecified atom stereocenters. The van der Waals surface area contributed by atoms with Crippen LogP contribution in [-0.4, -0.2) is 8.42 Å². The van der Waals surface area contributed by atoms with E-state index in [-0.39, 0.29) is 11.5 Å². The van der Waals surface area contributed by atoms with Crippen molar-refractivity contribution in [3.05, 3.63) is 132 Å². The molecule has 3 heterocycles. The van der Waals surface area contributed by atoms with Crippen molar-refractivity contribution in [3.63, 3.8) is 0 Å². The van der Waals surface area contributed by atoms with Crippen molar-refractivity contribution in [2.75, 3.05) is 0 Å². The molecule has 0 N–H and O–H groups in total. The van der Waals surface area contributed by atoms with Gasteiger partial charge in [0.2, 0.25) is 0 Å². The van der Waals surface area contributed by atoms with E-state index >= 15 is 0 Å². The number of hydrogen-bond donors (Lipinski definition) is 0. The summed E-state index contributed by atoms with van der Waals surface area (Å²) in [7, 11) is -3.32. The maximum absolute atomic E-state index is 13.2. The van der Waals surface area contributed by atoms with Gasteiger partial charge in [-0.3, -0.25) is 0 Å². The minimum Gasteiger partial charge on any atom is -0.456 e. The van der Waals surface area contributed by atoms with Crippen LogP contribution in [-0.2, 0) is 21.3 Å². The third kappa shape index (κ3) is 3.93. The van der Waals surface area contributed by atoms with Crippen LogP contribution in [0.1, 0.15) is 11.1 Å². The van der Waals surface area contributed by atoms with Gasteiger partial charge in [-0.1, -0.05) is 72.8 Å². The van der Waals surface area contributed by atoms with Gasteiger partial charge >= 0.3 is 0 Å². The van der Waals surface area contributed by atoms with Gasteiger partial charge in [0, 0.05) is 21.5 Å². The number of para-hydroxylation sites is 2. The Hall–Kier alpha value is -5.13. The Labute approximate surface area is 247 Å². The van der Waals surface area contributed by atoms with Crippen LogP contribution in [0.25, 0.3) is 77.3 Å². The topological polar surface area (TPSA) is 60.4 Å². The molecule has 6 aromatic carbocycles. The maximum atomic E-state index is 13.2. The lowest BCUT2D eigenvalue weighted by Crippen LogP contribution is -2.05. The number of rotatable bonds is 2. The van der Waals surface area contributed by atoms with Gasteiger partial charge in [0.25, 0.3) is 0 Å². The summed E-state index contributed by atoms with van der Waals surface area (Å²) >= 11 is 0. The largest absolute Gasteiger partial charge is 0.456 e. The molecule has 4 nitrogen and oxygen atoms in total. The second-order valence-corrected chi connectivity index (χ2v) is 13.5. The Balaban J connectivity index is 1.21. The van der Waals surface area contributed by atoms with Crippen molar-refractivity contribution in [2.45, 2.75) is 11.5 Å². The van der Waals surface area contributed by atoms with Gasteiger partial charge in [-0.25, -0.2) is 8.42 Å². The summed E-state index contributed by atoms with van der Waals surface area (Å²) in [6.45, 7) is 0. The van der Waals surface area contributed by atoms with Crippen LogP contribution in [0.5, 0.6) is 0 Å². The number of fused-ring (bicyclic) bond motifs is 9. The number of hydrogen-bond acceptors (Lipinski definition) is 4. The molecule has 206 valence electrons. The average molecular weight is 577 g/mol. The second-order valence-electron chi connectivity index (χ2n) is 11.4. The van der Waals surface area contributed by atoms with Crippen LogP contribution in [0.3, 0.4) is 0 Å². The molecule has 0 radical (unpaired) electrons. The fourth-order valence-corrected chi connectivity index (χ4v) is 8.15. The Morgan fingerprint density at radius 3 is 1.30 bits per heavy atom. The van der Waals surface area contributed by atoms with Crippen LogP contribution in [0.2, 0.25) is 0 Å². The van der Waals surface area contributed by atoms with Crippen LogP contribution in [0, 0.1) is 0 Å². The van der Waals surface area contributed by atoms with Crippen molar-refractivity contribution in [3.8, 4) is 33.4 Å². The summed E-state index contributed by atoms with van der Waals surface area (Å²) < 4.78 is 38.4. The third-order valence-electron chi connectivity index (χ3n) is 8.68. The fraction of sp³-hybridized carbons (Fsp3) is 0.0526. The van der Waals surface area contributed by atoms with E-state index in [0.717, 1.165) is 88.4 Å². The SMILES string of the molecule is O=S1(=O)Cc2ccc(-c3ccc4oc5ccccc5c4c3)cc2-c2cc(-c3ccc4oc5ccccc5c4c3)ccc2C1. The van der Waals surface area contributed by atoms with Gasteiger partial charge in [-0.15, -0.1) is 0 Å². The van der Waals surface area contributed by atoms with Gasteiger partial charge in [-0.2, -0.15) is 0 Å².